The molecule has 1 aliphatic rings. The first-order chi connectivity index (χ1) is 10.3. The van der Waals surface area contributed by atoms with Gasteiger partial charge in [0.1, 0.15) is 0 Å². The fourth-order valence-corrected chi connectivity index (χ4v) is 4.07. The van der Waals surface area contributed by atoms with Crippen molar-refractivity contribution < 1.29 is 0 Å². The molecule has 1 heteroatoms. The van der Waals surface area contributed by atoms with Gasteiger partial charge >= 0.3 is 0 Å². The van der Waals surface area contributed by atoms with E-state index in [4.69, 9.17) is 0 Å². The second-order valence-corrected chi connectivity index (χ2v) is 7.28. The predicted octanol–water partition coefficient (Wildman–Crippen LogP) is 3.77. The van der Waals surface area contributed by atoms with Crippen molar-refractivity contribution in [2.24, 2.45) is 0 Å². The molecule has 4 rings (SSSR count). The van der Waals surface area contributed by atoms with Crippen molar-refractivity contribution in [1.82, 2.24) is 0 Å². The van der Waals surface area contributed by atoms with Gasteiger partial charge in [-0.1, -0.05) is 72.4 Å². The van der Waals surface area contributed by atoms with E-state index in [9.17, 15) is 0 Å². The minimum Gasteiger partial charge on any atom is -0.0708 e. The Bertz CT molecular complexity index is 818. The van der Waals surface area contributed by atoms with Crippen molar-refractivity contribution in [2.45, 2.75) is 13.0 Å². The summed E-state index contributed by atoms with van der Waals surface area (Å²) in [6.45, 7) is 2.35. The number of hydrogen-bond donors (Lipinski definition) is 0. The third-order valence-corrected chi connectivity index (χ3v) is 5.72. The monoisotopic (exact) mass is 286 g/mol. The van der Waals surface area contributed by atoms with Crippen LogP contribution in [0.25, 0.3) is 22.3 Å². The van der Waals surface area contributed by atoms with Crippen molar-refractivity contribution in [2.75, 3.05) is 0 Å². The maximum absolute atomic E-state index is 2.37. The van der Waals surface area contributed by atoms with Crippen LogP contribution in [0.15, 0.2) is 66.7 Å². The highest BCUT2D eigenvalue weighted by molar-refractivity contribution is 6.52. The van der Waals surface area contributed by atoms with Crippen LogP contribution in [0.1, 0.15) is 11.1 Å². The highest BCUT2D eigenvalue weighted by atomic mass is 28.2. The Labute approximate surface area is 128 Å². The molecule has 0 fully saturated rings. The minimum atomic E-state index is -0.0929. The summed E-state index contributed by atoms with van der Waals surface area (Å²) in [5.41, 5.74) is 8.45. The Morgan fingerprint density at radius 3 is 2.43 bits per heavy atom. The summed E-state index contributed by atoms with van der Waals surface area (Å²) in [5.74, 6) is 0. The molecule has 0 atom stereocenters. The molecular formula is C20H18Si. The first-order valence-corrected chi connectivity index (χ1v) is 9.78. The van der Waals surface area contributed by atoms with E-state index in [1.54, 1.807) is 0 Å². The smallest absolute Gasteiger partial charge is 0.0517 e. The Morgan fingerprint density at radius 2 is 1.52 bits per heavy atom. The summed E-state index contributed by atoms with van der Waals surface area (Å²) >= 11 is 0. The van der Waals surface area contributed by atoms with E-state index in [1.807, 2.05) is 0 Å². The molecule has 0 unspecified atom stereocenters. The van der Waals surface area contributed by atoms with Crippen molar-refractivity contribution in [3.05, 3.63) is 77.9 Å². The van der Waals surface area contributed by atoms with Crippen molar-refractivity contribution in [1.29, 1.82) is 0 Å². The van der Waals surface area contributed by atoms with Crippen molar-refractivity contribution >= 4 is 14.7 Å². The molecule has 0 saturated heterocycles. The first-order valence-electron chi connectivity index (χ1n) is 7.65. The molecule has 0 saturated carbocycles. The molecule has 0 spiro atoms. The van der Waals surface area contributed by atoms with Gasteiger partial charge in [0.05, 0.1) is 9.52 Å². The van der Waals surface area contributed by atoms with Crippen LogP contribution < -0.4 is 5.19 Å². The van der Waals surface area contributed by atoms with Gasteiger partial charge in [0.25, 0.3) is 0 Å². The standard InChI is InChI=1S/C20H18Si/c1-21-18-7-4-6-14(12-18)15-9-10-17-11-16-5-2-3-8-19(16)20(17)13-15/h2-10,12-13H,11,21H2,1H3. The van der Waals surface area contributed by atoms with Gasteiger partial charge < -0.3 is 0 Å². The Kier molecular flexibility index (Phi) is 3.01. The molecule has 3 aromatic carbocycles. The van der Waals surface area contributed by atoms with Gasteiger partial charge in [-0.05, 0) is 45.9 Å². The van der Waals surface area contributed by atoms with Crippen LogP contribution >= 0.6 is 0 Å². The topological polar surface area (TPSA) is 0 Å². The van der Waals surface area contributed by atoms with E-state index in [0.29, 0.717) is 0 Å². The molecule has 1 aliphatic carbocycles. The fraction of sp³-hybridized carbons (Fsp3) is 0.100. The number of benzene rings is 3. The number of hydrogen-bond acceptors (Lipinski definition) is 0. The zero-order valence-electron chi connectivity index (χ0n) is 12.3. The average molecular weight is 286 g/mol. The fourth-order valence-electron chi connectivity index (χ4n) is 3.27. The molecular weight excluding hydrogens is 268 g/mol. The van der Waals surface area contributed by atoms with Crippen LogP contribution in [-0.2, 0) is 6.42 Å². The molecule has 0 nitrogen and oxygen atoms in total. The van der Waals surface area contributed by atoms with E-state index >= 15 is 0 Å². The third-order valence-electron chi connectivity index (χ3n) is 4.47. The lowest BCUT2D eigenvalue weighted by molar-refractivity contribution is 1.26. The number of fused-ring (bicyclic) bond motifs is 3. The SMILES string of the molecule is C[SiH2]c1cccc(-c2ccc3c(c2)-c2ccccc2C3)c1. The molecule has 102 valence electrons. The zero-order chi connectivity index (χ0) is 14.2. The first kappa shape index (κ1) is 12.6. The Hall–Kier alpha value is -2.12. The third kappa shape index (κ3) is 2.14. The van der Waals surface area contributed by atoms with Crippen molar-refractivity contribution in [3.8, 4) is 22.3 Å². The molecule has 0 amide bonds. The summed E-state index contributed by atoms with van der Waals surface area (Å²) in [6.07, 6.45) is 1.08. The molecule has 21 heavy (non-hydrogen) atoms. The maximum Gasteiger partial charge on any atom is 0.0517 e. The van der Waals surface area contributed by atoms with E-state index in [-0.39, 0.29) is 9.52 Å². The van der Waals surface area contributed by atoms with Crippen molar-refractivity contribution in [3.63, 3.8) is 0 Å². The van der Waals surface area contributed by atoms with Gasteiger partial charge in [-0.2, -0.15) is 0 Å². The van der Waals surface area contributed by atoms with Gasteiger partial charge in [0, 0.05) is 0 Å². The second kappa shape index (κ2) is 5.01. The zero-order valence-corrected chi connectivity index (χ0v) is 13.7. The molecule has 0 aliphatic heterocycles. The highest BCUT2D eigenvalue weighted by Crippen LogP contribution is 2.38. The molecule has 0 aromatic heterocycles. The van der Waals surface area contributed by atoms with Crippen LogP contribution in [0.3, 0.4) is 0 Å². The second-order valence-electron chi connectivity index (χ2n) is 5.76. The lowest BCUT2D eigenvalue weighted by Crippen LogP contribution is -2.09. The highest BCUT2D eigenvalue weighted by Gasteiger charge is 2.18. The van der Waals surface area contributed by atoms with E-state index in [0.717, 1.165) is 6.42 Å². The normalized spacial score (nSPS) is 12.6. The largest absolute Gasteiger partial charge is 0.0708 e. The lowest BCUT2D eigenvalue weighted by atomic mass is 9.99. The van der Waals surface area contributed by atoms with E-state index < -0.39 is 0 Å². The quantitative estimate of drug-likeness (QED) is 0.492. The van der Waals surface area contributed by atoms with E-state index in [1.165, 1.54) is 38.6 Å². The van der Waals surface area contributed by atoms with Gasteiger partial charge in [0.15, 0.2) is 0 Å². The van der Waals surface area contributed by atoms with E-state index in [2.05, 4.69) is 73.3 Å². The Balaban J connectivity index is 1.84. The van der Waals surface area contributed by atoms with Crippen LogP contribution in [0, 0.1) is 0 Å². The molecule has 0 radical (unpaired) electrons. The average Bonchev–Trinajstić information content (AvgIpc) is 2.92. The predicted molar refractivity (Wildman–Crippen MR) is 94.2 cm³/mol. The summed E-state index contributed by atoms with van der Waals surface area (Å²) in [6, 6.07) is 24.8. The van der Waals surface area contributed by atoms with Gasteiger partial charge in [-0.15, -0.1) is 0 Å². The number of rotatable bonds is 2. The van der Waals surface area contributed by atoms with Crippen LogP contribution in [0.5, 0.6) is 0 Å². The summed E-state index contributed by atoms with van der Waals surface area (Å²) in [5, 5.41) is 1.54. The van der Waals surface area contributed by atoms with Crippen LogP contribution in [0.2, 0.25) is 6.55 Å². The molecule has 0 N–H and O–H groups in total. The molecule has 3 aromatic rings. The van der Waals surface area contributed by atoms with Gasteiger partial charge in [-0.3, -0.25) is 0 Å². The lowest BCUT2D eigenvalue weighted by Gasteiger charge is -2.07. The van der Waals surface area contributed by atoms with Gasteiger partial charge in [-0.25, -0.2) is 0 Å². The van der Waals surface area contributed by atoms with Crippen LogP contribution in [0.4, 0.5) is 0 Å². The maximum atomic E-state index is 2.37. The summed E-state index contributed by atoms with van der Waals surface area (Å²) < 4.78 is 0. The minimum absolute atomic E-state index is 0.0929. The summed E-state index contributed by atoms with van der Waals surface area (Å²) in [7, 11) is -0.0929. The van der Waals surface area contributed by atoms with Crippen LogP contribution in [-0.4, -0.2) is 9.52 Å². The molecule has 0 bridgehead atoms. The Morgan fingerprint density at radius 1 is 0.714 bits per heavy atom. The summed E-state index contributed by atoms with van der Waals surface area (Å²) in [4.78, 5) is 0. The van der Waals surface area contributed by atoms with Gasteiger partial charge in [0.2, 0.25) is 0 Å². The molecule has 0 heterocycles.